The lowest BCUT2D eigenvalue weighted by molar-refractivity contribution is -0.118. The fourth-order valence-corrected chi connectivity index (χ4v) is 4.04. The summed E-state index contributed by atoms with van der Waals surface area (Å²) in [5, 5.41) is 5.92. The summed E-state index contributed by atoms with van der Waals surface area (Å²) in [7, 11) is 0. The molecule has 0 saturated carbocycles. The van der Waals surface area contributed by atoms with Crippen molar-refractivity contribution in [1.82, 2.24) is 10.6 Å². The highest BCUT2D eigenvalue weighted by Crippen LogP contribution is 2.26. The van der Waals surface area contributed by atoms with E-state index in [2.05, 4.69) is 16.7 Å². The highest BCUT2D eigenvalue weighted by atomic mass is 16.3. The van der Waals surface area contributed by atoms with Gasteiger partial charge in [-0.15, -0.1) is 0 Å². The van der Waals surface area contributed by atoms with Crippen molar-refractivity contribution in [2.24, 2.45) is 0 Å². The third kappa shape index (κ3) is 5.76. The maximum Gasteiger partial charge on any atom is 0.268 e. The molecule has 0 bridgehead atoms. The van der Waals surface area contributed by atoms with Crippen LogP contribution in [-0.2, 0) is 4.79 Å². The number of hydrogen-bond donors (Lipinski definition) is 2. The Morgan fingerprint density at radius 2 is 1.57 bits per heavy atom. The standard InChI is InChI=1S/C30H28N2O3/c1-20-15-16-25(22(3)18-20)28(23-11-5-4-6-12-23)32-30(34)27(19-24-13-9-17-35-24)31-29(33)26-14-8-7-10-21(26)2/h4-19,28H,1-3H3,(H,31,33)(H,32,34)/b27-19-/t28-/m0/s1. The van der Waals surface area contributed by atoms with Crippen LogP contribution >= 0.6 is 0 Å². The Morgan fingerprint density at radius 1 is 0.829 bits per heavy atom. The van der Waals surface area contributed by atoms with Gasteiger partial charge in [0.2, 0.25) is 0 Å². The Hall–Kier alpha value is -4.38. The van der Waals surface area contributed by atoms with Gasteiger partial charge in [0, 0.05) is 11.6 Å². The van der Waals surface area contributed by atoms with Gasteiger partial charge in [-0.05, 0) is 61.2 Å². The molecule has 0 spiro atoms. The van der Waals surface area contributed by atoms with E-state index >= 15 is 0 Å². The van der Waals surface area contributed by atoms with E-state index in [1.165, 1.54) is 12.3 Å². The summed E-state index contributed by atoms with van der Waals surface area (Å²) in [5.74, 6) is -0.320. The zero-order valence-corrected chi connectivity index (χ0v) is 20.0. The van der Waals surface area contributed by atoms with Crippen LogP contribution in [0.3, 0.4) is 0 Å². The minimum absolute atomic E-state index is 0.0962. The molecule has 0 aliphatic carbocycles. The van der Waals surface area contributed by atoms with Crippen LogP contribution in [-0.4, -0.2) is 11.8 Å². The molecule has 5 nitrogen and oxygen atoms in total. The molecule has 2 amide bonds. The molecule has 2 N–H and O–H groups in total. The van der Waals surface area contributed by atoms with Gasteiger partial charge in [0.05, 0.1) is 12.3 Å². The van der Waals surface area contributed by atoms with E-state index in [9.17, 15) is 9.59 Å². The second-order valence-electron chi connectivity index (χ2n) is 8.52. The molecule has 4 rings (SSSR count). The molecule has 35 heavy (non-hydrogen) atoms. The second kappa shape index (κ2) is 10.7. The average molecular weight is 465 g/mol. The van der Waals surface area contributed by atoms with Crippen molar-refractivity contribution in [3.63, 3.8) is 0 Å². The molecular formula is C30H28N2O3. The Balaban J connectivity index is 1.69. The van der Waals surface area contributed by atoms with Gasteiger partial charge in [0.25, 0.3) is 11.8 Å². The third-order valence-corrected chi connectivity index (χ3v) is 5.86. The molecule has 5 heteroatoms. The zero-order valence-electron chi connectivity index (χ0n) is 20.0. The van der Waals surface area contributed by atoms with Gasteiger partial charge in [-0.25, -0.2) is 0 Å². The molecule has 3 aromatic carbocycles. The highest BCUT2D eigenvalue weighted by Gasteiger charge is 2.23. The molecule has 176 valence electrons. The largest absolute Gasteiger partial charge is 0.465 e. The van der Waals surface area contributed by atoms with E-state index in [1.807, 2.05) is 75.4 Å². The van der Waals surface area contributed by atoms with E-state index in [0.29, 0.717) is 11.3 Å². The lowest BCUT2D eigenvalue weighted by Gasteiger charge is -2.23. The number of amides is 2. The predicted molar refractivity (Wildman–Crippen MR) is 138 cm³/mol. The van der Waals surface area contributed by atoms with Crippen LogP contribution in [0.5, 0.6) is 0 Å². The second-order valence-corrected chi connectivity index (χ2v) is 8.52. The van der Waals surface area contributed by atoms with Crippen molar-refractivity contribution in [1.29, 1.82) is 0 Å². The Kier molecular flexibility index (Phi) is 7.27. The van der Waals surface area contributed by atoms with E-state index in [4.69, 9.17) is 4.42 Å². The van der Waals surface area contributed by atoms with Crippen molar-refractivity contribution in [2.75, 3.05) is 0 Å². The summed E-state index contributed by atoms with van der Waals surface area (Å²) >= 11 is 0. The van der Waals surface area contributed by atoms with Crippen molar-refractivity contribution in [3.8, 4) is 0 Å². The van der Waals surface area contributed by atoms with E-state index in [-0.39, 0.29) is 11.6 Å². The molecule has 4 aromatic rings. The van der Waals surface area contributed by atoms with Crippen LogP contribution in [0, 0.1) is 20.8 Å². The van der Waals surface area contributed by atoms with Crippen LogP contribution in [0.1, 0.15) is 50.0 Å². The van der Waals surface area contributed by atoms with Crippen molar-refractivity contribution < 1.29 is 14.0 Å². The van der Waals surface area contributed by atoms with E-state index < -0.39 is 11.9 Å². The maximum atomic E-state index is 13.6. The molecule has 0 fully saturated rings. The van der Waals surface area contributed by atoms with Crippen molar-refractivity contribution >= 4 is 17.9 Å². The quantitative estimate of drug-likeness (QED) is 0.336. The predicted octanol–water partition coefficient (Wildman–Crippen LogP) is 5.88. The van der Waals surface area contributed by atoms with Gasteiger partial charge in [0.1, 0.15) is 11.5 Å². The first kappa shape index (κ1) is 23.8. The fourth-order valence-electron chi connectivity index (χ4n) is 4.04. The van der Waals surface area contributed by atoms with Crippen LogP contribution in [0.25, 0.3) is 6.08 Å². The van der Waals surface area contributed by atoms with Crippen LogP contribution in [0.15, 0.2) is 101 Å². The summed E-state index contributed by atoms with van der Waals surface area (Å²) in [6, 6.07) is 26.2. The summed E-state index contributed by atoms with van der Waals surface area (Å²) < 4.78 is 5.42. The number of benzene rings is 3. The van der Waals surface area contributed by atoms with Gasteiger partial charge in [-0.3, -0.25) is 9.59 Å². The Labute approximate surface area is 205 Å². The van der Waals surface area contributed by atoms with Crippen molar-refractivity contribution in [2.45, 2.75) is 26.8 Å². The van der Waals surface area contributed by atoms with Crippen LogP contribution < -0.4 is 10.6 Å². The minimum atomic E-state index is -0.419. The summed E-state index contributed by atoms with van der Waals surface area (Å²) in [6.45, 7) is 5.93. The molecule has 0 unspecified atom stereocenters. The van der Waals surface area contributed by atoms with Gasteiger partial charge >= 0.3 is 0 Å². The zero-order chi connectivity index (χ0) is 24.8. The number of aryl methyl sites for hydroxylation is 3. The minimum Gasteiger partial charge on any atom is -0.465 e. The summed E-state index contributed by atoms with van der Waals surface area (Å²) in [4.78, 5) is 26.7. The topological polar surface area (TPSA) is 71.3 Å². The number of carbonyl (C=O) groups is 2. The number of rotatable bonds is 7. The first-order valence-corrected chi connectivity index (χ1v) is 11.5. The number of furan rings is 1. The van der Waals surface area contributed by atoms with Gasteiger partial charge in [-0.2, -0.15) is 0 Å². The van der Waals surface area contributed by atoms with Gasteiger partial charge < -0.3 is 15.1 Å². The fraction of sp³-hybridized carbons (Fsp3) is 0.133. The van der Waals surface area contributed by atoms with Crippen molar-refractivity contribution in [3.05, 3.63) is 136 Å². The van der Waals surface area contributed by atoms with Crippen LogP contribution in [0.2, 0.25) is 0 Å². The van der Waals surface area contributed by atoms with Gasteiger partial charge in [-0.1, -0.05) is 72.3 Å². The molecule has 0 radical (unpaired) electrons. The molecule has 1 heterocycles. The third-order valence-electron chi connectivity index (χ3n) is 5.86. The molecule has 0 aliphatic heterocycles. The number of carbonyl (C=O) groups excluding carboxylic acids is 2. The first-order chi connectivity index (χ1) is 16.9. The summed E-state index contributed by atoms with van der Waals surface area (Å²) in [6.07, 6.45) is 3.06. The molecular weight excluding hydrogens is 436 g/mol. The Morgan fingerprint density at radius 3 is 2.26 bits per heavy atom. The highest BCUT2D eigenvalue weighted by molar-refractivity contribution is 6.05. The molecule has 1 atom stereocenters. The molecule has 0 aliphatic rings. The van der Waals surface area contributed by atoms with E-state index in [1.54, 1.807) is 24.3 Å². The van der Waals surface area contributed by atoms with Crippen LogP contribution in [0.4, 0.5) is 0 Å². The molecule has 0 saturated heterocycles. The maximum absolute atomic E-state index is 13.6. The average Bonchev–Trinajstić information content (AvgIpc) is 3.36. The first-order valence-electron chi connectivity index (χ1n) is 11.5. The normalized spacial score (nSPS) is 12.1. The molecule has 1 aromatic heterocycles. The lowest BCUT2D eigenvalue weighted by Crippen LogP contribution is -2.37. The lowest BCUT2D eigenvalue weighted by atomic mass is 9.93. The number of nitrogens with one attached hydrogen (secondary N) is 2. The van der Waals surface area contributed by atoms with E-state index in [0.717, 1.165) is 27.8 Å². The Bertz CT molecular complexity index is 1360. The smallest absolute Gasteiger partial charge is 0.268 e. The summed E-state index contributed by atoms with van der Waals surface area (Å²) in [5.41, 5.74) is 5.56. The SMILES string of the molecule is Cc1ccc([C@@H](NC(=O)/C(=C/c2ccco2)NC(=O)c2ccccc2C)c2ccccc2)c(C)c1. The number of hydrogen-bond acceptors (Lipinski definition) is 3. The monoisotopic (exact) mass is 464 g/mol. The van der Waals surface area contributed by atoms with Gasteiger partial charge in [0.15, 0.2) is 0 Å².